The van der Waals surface area contributed by atoms with Crippen molar-refractivity contribution in [2.45, 2.75) is 19.4 Å². The maximum atomic E-state index is 11.2. The van der Waals surface area contributed by atoms with Crippen molar-refractivity contribution in [2.24, 2.45) is 5.73 Å². The molecule has 5 heteroatoms. The molecule has 96 valence electrons. The van der Waals surface area contributed by atoms with Crippen molar-refractivity contribution in [1.29, 1.82) is 0 Å². The molecule has 3 N–H and O–H groups in total. The summed E-state index contributed by atoms with van der Waals surface area (Å²) in [5.74, 6) is 0.719. The van der Waals surface area contributed by atoms with E-state index in [-0.39, 0.29) is 18.3 Å². The number of methoxy groups -OCH3 is 1. The van der Waals surface area contributed by atoms with Crippen molar-refractivity contribution in [1.82, 2.24) is 5.32 Å². The molecule has 4 nitrogen and oxygen atoms in total. The highest BCUT2D eigenvalue weighted by atomic mass is 35.5. The van der Waals surface area contributed by atoms with Gasteiger partial charge in [-0.3, -0.25) is 4.79 Å². The molecule has 0 saturated heterocycles. The van der Waals surface area contributed by atoms with Gasteiger partial charge in [-0.05, 0) is 31.0 Å². The fourth-order valence-corrected chi connectivity index (χ4v) is 1.28. The Hall–Kier alpha value is -1.26. The van der Waals surface area contributed by atoms with Gasteiger partial charge in [-0.1, -0.05) is 12.1 Å². The van der Waals surface area contributed by atoms with Gasteiger partial charge in [-0.2, -0.15) is 0 Å². The van der Waals surface area contributed by atoms with Gasteiger partial charge in [0.1, 0.15) is 5.75 Å². The summed E-state index contributed by atoms with van der Waals surface area (Å²) in [6.45, 7) is 2.27. The molecule has 1 aromatic rings. The van der Waals surface area contributed by atoms with Crippen LogP contribution < -0.4 is 15.8 Å². The first-order chi connectivity index (χ1) is 7.63. The van der Waals surface area contributed by atoms with Gasteiger partial charge in [0.15, 0.2) is 0 Å². The van der Waals surface area contributed by atoms with Crippen LogP contribution in [0.1, 0.15) is 12.5 Å². The predicted octanol–water partition coefficient (Wildman–Crippen LogP) is 1.12. The number of carbonyl (C=O) groups excluding carboxylic acids is 1. The largest absolute Gasteiger partial charge is 0.497 e. The summed E-state index contributed by atoms with van der Waals surface area (Å²) < 4.78 is 5.06. The quantitative estimate of drug-likeness (QED) is 0.832. The lowest BCUT2D eigenvalue weighted by atomic mass is 10.1. The number of carbonyl (C=O) groups is 1. The number of nitrogens with one attached hydrogen (secondary N) is 1. The van der Waals surface area contributed by atoms with E-state index in [0.717, 1.165) is 17.7 Å². The predicted molar refractivity (Wildman–Crippen MR) is 70.6 cm³/mol. The average molecular weight is 259 g/mol. The second kappa shape index (κ2) is 7.92. The molecule has 1 aromatic carbocycles. The van der Waals surface area contributed by atoms with Gasteiger partial charge in [0, 0.05) is 6.54 Å². The zero-order valence-corrected chi connectivity index (χ0v) is 10.9. The first-order valence-electron chi connectivity index (χ1n) is 5.29. The maximum Gasteiger partial charge on any atom is 0.236 e. The number of amides is 1. The maximum absolute atomic E-state index is 11.2. The summed E-state index contributed by atoms with van der Waals surface area (Å²) in [6.07, 6.45) is 0.794. The molecule has 1 atom stereocenters. The van der Waals surface area contributed by atoms with E-state index in [9.17, 15) is 4.79 Å². The molecule has 0 saturated carbocycles. The number of nitrogens with two attached hydrogens (primary N) is 1. The number of halogens is 1. The number of hydrogen-bond acceptors (Lipinski definition) is 3. The van der Waals surface area contributed by atoms with Crippen LogP contribution in [-0.2, 0) is 11.2 Å². The summed E-state index contributed by atoms with van der Waals surface area (Å²) >= 11 is 0. The highest BCUT2D eigenvalue weighted by Crippen LogP contribution is 2.11. The van der Waals surface area contributed by atoms with Crippen LogP contribution in [0.15, 0.2) is 24.3 Å². The standard InChI is InChI=1S/C12H18N2O2.ClH/c1-9(13)12(15)14-8-7-10-3-5-11(16-2)6-4-10;/h3-6,9H,7-8,13H2,1-2H3,(H,14,15);1H. The summed E-state index contributed by atoms with van der Waals surface area (Å²) in [5, 5.41) is 2.76. The van der Waals surface area contributed by atoms with Crippen LogP contribution in [0.2, 0.25) is 0 Å². The van der Waals surface area contributed by atoms with Crippen molar-refractivity contribution in [3.8, 4) is 5.75 Å². The Morgan fingerprint density at radius 3 is 2.47 bits per heavy atom. The van der Waals surface area contributed by atoms with Crippen LogP contribution in [0.3, 0.4) is 0 Å². The highest BCUT2D eigenvalue weighted by Gasteiger charge is 2.05. The molecule has 1 unspecified atom stereocenters. The van der Waals surface area contributed by atoms with E-state index in [0.29, 0.717) is 6.54 Å². The molecule has 0 aromatic heterocycles. The van der Waals surface area contributed by atoms with Crippen molar-refractivity contribution in [2.75, 3.05) is 13.7 Å². The molecule has 17 heavy (non-hydrogen) atoms. The van der Waals surface area contributed by atoms with Crippen molar-refractivity contribution in [3.05, 3.63) is 29.8 Å². The molecule has 0 heterocycles. The van der Waals surface area contributed by atoms with E-state index in [1.54, 1.807) is 14.0 Å². The number of hydrogen-bond donors (Lipinski definition) is 2. The molecule has 0 radical (unpaired) electrons. The number of benzene rings is 1. The molecule has 0 aliphatic rings. The third kappa shape index (κ3) is 5.56. The topological polar surface area (TPSA) is 64.3 Å². The number of ether oxygens (including phenoxy) is 1. The van der Waals surface area contributed by atoms with Crippen LogP contribution >= 0.6 is 12.4 Å². The summed E-state index contributed by atoms with van der Waals surface area (Å²) in [6, 6.07) is 7.33. The zero-order valence-electron chi connectivity index (χ0n) is 10.1. The minimum absolute atomic E-state index is 0. The molecule has 0 bridgehead atoms. The first-order valence-corrected chi connectivity index (χ1v) is 5.29. The monoisotopic (exact) mass is 258 g/mol. The van der Waals surface area contributed by atoms with E-state index in [1.807, 2.05) is 24.3 Å². The Kier molecular flexibility index (Phi) is 7.34. The lowest BCUT2D eigenvalue weighted by Crippen LogP contribution is -2.39. The van der Waals surface area contributed by atoms with Gasteiger partial charge in [-0.15, -0.1) is 12.4 Å². The molecular weight excluding hydrogens is 240 g/mol. The Morgan fingerprint density at radius 1 is 1.41 bits per heavy atom. The second-order valence-corrected chi connectivity index (χ2v) is 3.68. The van der Waals surface area contributed by atoms with Crippen molar-refractivity contribution >= 4 is 18.3 Å². The Labute approximate surface area is 108 Å². The van der Waals surface area contributed by atoms with Gasteiger partial charge in [-0.25, -0.2) is 0 Å². The molecule has 0 aliphatic heterocycles. The van der Waals surface area contributed by atoms with E-state index in [1.165, 1.54) is 0 Å². The Balaban J connectivity index is 0.00000256. The van der Waals surface area contributed by atoms with E-state index >= 15 is 0 Å². The van der Waals surface area contributed by atoms with Crippen LogP contribution in [0, 0.1) is 0 Å². The molecule has 1 amide bonds. The molecule has 1 rings (SSSR count). The summed E-state index contributed by atoms with van der Waals surface area (Å²) in [4.78, 5) is 11.2. The van der Waals surface area contributed by atoms with Crippen LogP contribution in [0.5, 0.6) is 5.75 Å². The highest BCUT2D eigenvalue weighted by molar-refractivity contribution is 5.85. The second-order valence-electron chi connectivity index (χ2n) is 3.68. The van der Waals surface area contributed by atoms with Crippen LogP contribution in [0.25, 0.3) is 0 Å². The zero-order chi connectivity index (χ0) is 12.0. The third-order valence-electron chi connectivity index (χ3n) is 2.29. The average Bonchev–Trinajstić information content (AvgIpc) is 2.29. The summed E-state index contributed by atoms with van der Waals surface area (Å²) in [5.41, 5.74) is 6.58. The van der Waals surface area contributed by atoms with Gasteiger partial charge < -0.3 is 15.8 Å². The van der Waals surface area contributed by atoms with Gasteiger partial charge >= 0.3 is 0 Å². The van der Waals surface area contributed by atoms with Gasteiger partial charge in [0.2, 0.25) is 5.91 Å². The molecule has 0 aliphatic carbocycles. The van der Waals surface area contributed by atoms with E-state index in [4.69, 9.17) is 10.5 Å². The minimum Gasteiger partial charge on any atom is -0.497 e. The smallest absolute Gasteiger partial charge is 0.236 e. The normalized spacial score (nSPS) is 11.2. The van der Waals surface area contributed by atoms with Gasteiger partial charge in [0.05, 0.1) is 13.2 Å². The minimum atomic E-state index is -0.448. The van der Waals surface area contributed by atoms with Crippen LogP contribution in [-0.4, -0.2) is 25.6 Å². The SMILES string of the molecule is COc1ccc(CCNC(=O)C(C)N)cc1.Cl. The van der Waals surface area contributed by atoms with Crippen molar-refractivity contribution < 1.29 is 9.53 Å². The molecule has 0 spiro atoms. The fraction of sp³-hybridized carbons (Fsp3) is 0.417. The van der Waals surface area contributed by atoms with Gasteiger partial charge in [0.25, 0.3) is 0 Å². The van der Waals surface area contributed by atoms with E-state index < -0.39 is 6.04 Å². The van der Waals surface area contributed by atoms with Crippen molar-refractivity contribution in [3.63, 3.8) is 0 Å². The van der Waals surface area contributed by atoms with E-state index in [2.05, 4.69) is 5.32 Å². The summed E-state index contributed by atoms with van der Waals surface area (Å²) in [7, 11) is 1.64. The molecular formula is C12H19ClN2O2. The first kappa shape index (κ1) is 15.7. The Bertz CT molecular complexity index is 339. The van der Waals surface area contributed by atoms with Crippen LogP contribution in [0.4, 0.5) is 0 Å². The third-order valence-corrected chi connectivity index (χ3v) is 2.29. The molecule has 0 fully saturated rings. The lowest BCUT2D eigenvalue weighted by molar-refractivity contribution is -0.121. The fourth-order valence-electron chi connectivity index (χ4n) is 1.28. The lowest BCUT2D eigenvalue weighted by Gasteiger charge is -2.07. The Morgan fingerprint density at radius 2 is 2.00 bits per heavy atom. The number of rotatable bonds is 5.